The molecule has 3 rings (SSSR count). The molecule has 0 radical (unpaired) electrons. The fourth-order valence-electron chi connectivity index (χ4n) is 1.92. The molecule has 0 saturated heterocycles. The molecule has 9 heteroatoms. The van der Waals surface area contributed by atoms with Crippen LogP contribution in [-0.2, 0) is 0 Å². The zero-order chi connectivity index (χ0) is 17.1. The Bertz CT molecular complexity index is 827. The molecule has 0 amide bonds. The minimum atomic E-state index is -1.13. The summed E-state index contributed by atoms with van der Waals surface area (Å²) in [6.45, 7) is 1.84. The molecule has 0 aliphatic heterocycles. The van der Waals surface area contributed by atoms with Crippen molar-refractivity contribution in [2.24, 2.45) is 0 Å². The van der Waals surface area contributed by atoms with E-state index >= 15 is 0 Å². The quantitative estimate of drug-likeness (QED) is 0.617. The first-order valence-electron chi connectivity index (χ1n) is 6.82. The highest BCUT2D eigenvalue weighted by molar-refractivity contribution is 9.11. The smallest absolute Gasteiger partial charge is 0.186 e. The summed E-state index contributed by atoms with van der Waals surface area (Å²) in [7, 11) is 0. The van der Waals surface area contributed by atoms with E-state index in [9.17, 15) is 9.50 Å². The normalized spacial score (nSPS) is 12.0. The Morgan fingerprint density at radius 3 is 2.67 bits per heavy atom. The van der Waals surface area contributed by atoms with E-state index in [1.54, 1.807) is 0 Å². The third kappa shape index (κ3) is 4.05. The van der Waals surface area contributed by atoms with Gasteiger partial charge in [-0.15, -0.1) is 0 Å². The zero-order valence-electron chi connectivity index (χ0n) is 12.4. The largest absolute Gasteiger partial charge is 0.454 e. The zero-order valence-corrected chi connectivity index (χ0v) is 14.8. The van der Waals surface area contributed by atoms with E-state index in [-0.39, 0.29) is 5.75 Å². The summed E-state index contributed by atoms with van der Waals surface area (Å²) < 4.78 is 20.2. The van der Waals surface area contributed by atoms with Gasteiger partial charge in [-0.1, -0.05) is 11.3 Å². The Hall–Kier alpha value is -2.10. The highest BCUT2D eigenvalue weighted by Crippen LogP contribution is 2.31. The molecule has 0 fully saturated rings. The summed E-state index contributed by atoms with van der Waals surface area (Å²) >= 11 is 4.71. The standard InChI is InChI=1S/C15H12BrFN4O2S/c1-8-13(16)24-15(20-8)21-14(22)9-2-10(17)4-11(3-9)23-12-5-18-7-19-6-12/h2-7,14,22H,1H3,(H,20,21). The van der Waals surface area contributed by atoms with E-state index in [0.717, 1.165) is 9.48 Å². The van der Waals surface area contributed by atoms with E-state index < -0.39 is 12.0 Å². The van der Waals surface area contributed by atoms with Crippen LogP contribution in [0.1, 0.15) is 17.5 Å². The molecule has 0 aliphatic carbocycles. The summed E-state index contributed by atoms with van der Waals surface area (Å²) in [5.74, 6) is 0.0739. The predicted octanol–water partition coefficient (Wildman–Crippen LogP) is 4.04. The van der Waals surface area contributed by atoms with Crippen LogP contribution in [0.15, 0.2) is 40.7 Å². The molecule has 0 spiro atoms. The molecular weight excluding hydrogens is 399 g/mol. The average molecular weight is 411 g/mol. The third-order valence-corrected chi connectivity index (χ3v) is 4.92. The van der Waals surface area contributed by atoms with Gasteiger partial charge in [-0.3, -0.25) is 0 Å². The van der Waals surface area contributed by atoms with Crippen LogP contribution < -0.4 is 10.1 Å². The van der Waals surface area contributed by atoms with Gasteiger partial charge in [-0.2, -0.15) is 0 Å². The number of anilines is 1. The lowest BCUT2D eigenvalue weighted by atomic mass is 10.2. The Labute approximate surface area is 149 Å². The van der Waals surface area contributed by atoms with Crippen molar-refractivity contribution in [1.29, 1.82) is 0 Å². The van der Waals surface area contributed by atoms with Crippen LogP contribution in [0.3, 0.4) is 0 Å². The molecule has 1 unspecified atom stereocenters. The van der Waals surface area contributed by atoms with Crippen molar-refractivity contribution in [3.63, 3.8) is 0 Å². The number of rotatable bonds is 5. The topological polar surface area (TPSA) is 80.2 Å². The number of aliphatic hydroxyl groups is 1. The molecule has 1 atom stereocenters. The third-order valence-electron chi connectivity index (χ3n) is 2.98. The maximum absolute atomic E-state index is 13.8. The van der Waals surface area contributed by atoms with Crippen molar-refractivity contribution in [3.8, 4) is 11.5 Å². The fraction of sp³-hybridized carbons (Fsp3) is 0.133. The number of ether oxygens (including phenoxy) is 1. The number of aryl methyl sites for hydroxylation is 1. The second-order valence-corrected chi connectivity index (χ2v) is 7.14. The molecule has 0 bridgehead atoms. The van der Waals surface area contributed by atoms with E-state index in [4.69, 9.17) is 4.74 Å². The maximum atomic E-state index is 13.8. The van der Waals surface area contributed by atoms with Crippen LogP contribution >= 0.6 is 27.3 Å². The number of thiazole rings is 1. The van der Waals surface area contributed by atoms with Crippen molar-refractivity contribution in [3.05, 3.63) is 57.8 Å². The summed E-state index contributed by atoms with van der Waals surface area (Å²) in [6.07, 6.45) is 3.16. The van der Waals surface area contributed by atoms with E-state index in [0.29, 0.717) is 16.4 Å². The molecule has 0 saturated carbocycles. The van der Waals surface area contributed by atoms with Gasteiger partial charge in [-0.25, -0.2) is 19.3 Å². The van der Waals surface area contributed by atoms with Crippen LogP contribution in [0.2, 0.25) is 0 Å². The van der Waals surface area contributed by atoms with Crippen molar-refractivity contribution in [2.45, 2.75) is 13.2 Å². The lowest BCUT2D eigenvalue weighted by Gasteiger charge is -2.14. The molecule has 3 aromatic rings. The fourth-order valence-corrected chi connectivity index (χ4v) is 3.18. The molecule has 124 valence electrons. The number of benzene rings is 1. The molecule has 2 N–H and O–H groups in total. The van der Waals surface area contributed by atoms with Crippen molar-refractivity contribution < 1.29 is 14.2 Å². The molecule has 6 nitrogen and oxygen atoms in total. The monoisotopic (exact) mass is 410 g/mol. The minimum Gasteiger partial charge on any atom is -0.454 e. The highest BCUT2D eigenvalue weighted by Gasteiger charge is 2.14. The van der Waals surface area contributed by atoms with Gasteiger partial charge in [-0.05, 0) is 35.0 Å². The van der Waals surface area contributed by atoms with E-state index in [1.807, 2.05) is 6.92 Å². The van der Waals surface area contributed by atoms with Crippen LogP contribution in [0.5, 0.6) is 11.5 Å². The summed E-state index contributed by atoms with van der Waals surface area (Å²) in [5.41, 5.74) is 1.12. The molecular formula is C15H12BrFN4O2S. The molecule has 0 aliphatic rings. The minimum absolute atomic E-state index is 0.233. The van der Waals surface area contributed by atoms with Crippen LogP contribution in [0.25, 0.3) is 0 Å². The second-order valence-electron chi connectivity index (χ2n) is 4.82. The first-order valence-corrected chi connectivity index (χ1v) is 8.43. The molecule has 2 heterocycles. The number of aromatic nitrogens is 3. The first-order chi connectivity index (χ1) is 11.5. The lowest BCUT2D eigenvalue weighted by molar-refractivity contribution is 0.207. The summed E-state index contributed by atoms with van der Waals surface area (Å²) in [4.78, 5) is 11.9. The van der Waals surface area contributed by atoms with Gasteiger partial charge in [0.05, 0.1) is 21.9 Å². The Morgan fingerprint density at radius 2 is 2.00 bits per heavy atom. The van der Waals surface area contributed by atoms with E-state index in [1.165, 1.54) is 48.3 Å². The first kappa shape index (κ1) is 16.7. The SMILES string of the molecule is Cc1nc(NC(O)c2cc(F)cc(Oc3cncnc3)c2)sc1Br. The predicted molar refractivity (Wildman–Crippen MR) is 91.6 cm³/mol. The Kier molecular flexibility index (Phi) is 5.03. The van der Waals surface area contributed by atoms with Crippen molar-refractivity contribution >= 4 is 32.4 Å². The molecule has 2 aromatic heterocycles. The Morgan fingerprint density at radius 1 is 1.25 bits per heavy atom. The maximum Gasteiger partial charge on any atom is 0.186 e. The lowest BCUT2D eigenvalue weighted by Crippen LogP contribution is -2.10. The van der Waals surface area contributed by atoms with Gasteiger partial charge in [0.15, 0.2) is 17.1 Å². The molecule has 24 heavy (non-hydrogen) atoms. The number of aliphatic hydroxyl groups excluding tert-OH is 1. The average Bonchev–Trinajstić information content (AvgIpc) is 2.85. The van der Waals surface area contributed by atoms with Gasteiger partial charge in [0.25, 0.3) is 0 Å². The van der Waals surface area contributed by atoms with Crippen molar-refractivity contribution in [1.82, 2.24) is 15.0 Å². The van der Waals surface area contributed by atoms with Crippen LogP contribution in [0.4, 0.5) is 9.52 Å². The summed E-state index contributed by atoms with van der Waals surface area (Å²) in [6, 6.07) is 3.97. The number of hydrogen-bond donors (Lipinski definition) is 2. The van der Waals surface area contributed by atoms with Gasteiger partial charge in [0.2, 0.25) is 0 Å². The number of hydrogen-bond acceptors (Lipinski definition) is 7. The molecule has 1 aromatic carbocycles. The van der Waals surface area contributed by atoms with Gasteiger partial charge in [0.1, 0.15) is 17.9 Å². The Balaban J connectivity index is 1.79. The highest BCUT2D eigenvalue weighted by atomic mass is 79.9. The number of halogens is 2. The number of nitrogens with one attached hydrogen (secondary N) is 1. The number of nitrogens with zero attached hydrogens (tertiary/aromatic N) is 3. The van der Waals surface area contributed by atoms with Gasteiger partial charge in [0, 0.05) is 11.6 Å². The second kappa shape index (κ2) is 7.20. The van der Waals surface area contributed by atoms with Crippen molar-refractivity contribution in [2.75, 3.05) is 5.32 Å². The van der Waals surface area contributed by atoms with E-state index in [2.05, 4.69) is 36.2 Å². The summed E-state index contributed by atoms with van der Waals surface area (Å²) in [5, 5.41) is 13.6. The van der Waals surface area contributed by atoms with Crippen LogP contribution in [-0.4, -0.2) is 20.1 Å². The van der Waals surface area contributed by atoms with Gasteiger partial charge < -0.3 is 15.2 Å². The van der Waals surface area contributed by atoms with Crippen LogP contribution in [0, 0.1) is 12.7 Å². The van der Waals surface area contributed by atoms with Gasteiger partial charge >= 0.3 is 0 Å².